The van der Waals surface area contributed by atoms with Crippen LogP contribution in [0.1, 0.15) is 36.9 Å². The molecule has 1 aromatic carbocycles. The van der Waals surface area contributed by atoms with Crippen LogP contribution < -0.4 is 0 Å². The zero-order chi connectivity index (χ0) is 17.4. The number of aromatic nitrogens is 3. The summed E-state index contributed by atoms with van der Waals surface area (Å²) in [7, 11) is -3.41. The molecule has 0 radical (unpaired) electrons. The number of benzene rings is 1. The Bertz CT molecular complexity index is 868. The van der Waals surface area contributed by atoms with Crippen molar-refractivity contribution in [3.8, 4) is 0 Å². The van der Waals surface area contributed by atoms with Crippen molar-refractivity contribution in [2.75, 3.05) is 18.8 Å². The van der Waals surface area contributed by atoms with Crippen LogP contribution in [-0.2, 0) is 14.6 Å². The van der Waals surface area contributed by atoms with Gasteiger partial charge in [0.25, 0.3) is 0 Å². The van der Waals surface area contributed by atoms with E-state index in [0.29, 0.717) is 19.0 Å². The monoisotopic (exact) mass is 360 g/mol. The molecule has 1 aliphatic heterocycles. The smallest absolute Gasteiger partial charge is 0.223 e. The van der Waals surface area contributed by atoms with E-state index in [4.69, 9.17) is 0 Å². The fourth-order valence-electron chi connectivity index (χ4n) is 2.99. The van der Waals surface area contributed by atoms with E-state index in [-0.39, 0.29) is 29.0 Å². The molecule has 0 atom stereocenters. The normalized spacial score (nSPS) is 18.2. The number of carbonyl (C=O) groups is 1. The van der Waals surface area contributed by atoms with E-state index in [0.717, 1.165) is 5.69 Å². The lowest BCUT2D eigenvalue weighted by molar-refractivity contribution is -0.136. The lowest BCUT2D eigenvalue weighted by Crippen LogP contribution is -2.51. The van der Waals surface area contributed by atoms with Crippen LogP contribution in [-0.4, -0.2) is 53.1 Å². The van der Waals surface area contributed by atoms with E-state index >= 15 is 0 Å². The highest BCUT2D eigenvalue weighted by Crippen LogP contribution is 2.39. The van der Waals surface area contributed by atoms with E-state index in [1.165, 1.54) is 12.8 Å². The largest absolute Gasteiger partial charge is 0.338 e. The highest BCUT2D eigenvalue weighted by Gasteiger charge is 2.34. The second kappa shape index (κ2) is 6.25. The van der Waals surface area contributed by atoms with Crippen molar-refractivity contribution in [1.82, 2.24) is 19.9 Å². The molecule has 4 rings (SSSR count). The predicted molar refractivity (Wildman–Crippen MR) is 90.7 cm³/mol. The minimum absolute atomic E-state index is 0.00856. The fraction of sp³-hybridized carbons (Fsp3) is 0.471. The summed E-state index contributed by atoms with van der Waals surface area (Å²) in [5.74, 6) is 0.277. The Morgan fingerprint density at radius 1 is 1.16 bits per heavy atom. The van der Waals surface area contributed by atoms with Crippen LogP contribution >= 0.6 is 0 Å². The quantitative estimate of drug-likeness (QED) is 0.777. The molecule has 1 amide bonds. The predicted octanol–water partition coefficient (Wildman–Crippen LogP) is 1.40. The van der Waals surface area contributed by atoms with Gasteiger partial charge in [0.15, 0.2) is 9.84 Å². The van der Waals surface area contributed by atoms with Gasteiger partial charge in [-0.15, -0.1) is 5.10 Å². The number of amides is 1. The van der Waals surface area contributed by atoms with Gasteiger partial charge in [-0.2, -0.15) is 0 Å². The summed E-state index contributed by atoms with van der Waals surface area (Å²) in [4.78, 5) is 14.2. The first-order valence-corrected chi connectivity index (χ1v) is 10.2. The summed E-state index contributed by atoms with van der Waals surface area (Å²) in [6.07, 6.45) is 4.35. The Morgan fingerprint density at radius 3 is 2.56 bits per heavy atom. The van der Waals surface area contributed by atoms with Gasteiger partial charge in [0, 0.05) is 31.6 Å². The van der Waals surface area contributed by atoms with Gasteiger partial charge in [-0.3, -0.25) is 4.79 Å². The summed E-state index contributed by atoms with van der Waals surface area (Å²) < 4.78 is 26.3. The fourth-order valence-corrected chi connectivity index (χ4v) is 4.24. The number of carbonyl (C=O) groups excluding carboxylic acids is 1. The molecule has 0 spiro atoms. The lowest BCUT2D eigenvalue weighted by Gasteiger charge is -2.38. The maximum Gasteiger partial charge on any atom is 0.223 e. The Morgan fingerprint density at radius 2 is 1.88 bits per heavy atom. The van der Waals surface area contributed by atoms with Gasteiger partial charge >= 0.3 is 0 Å². The topological polar surface area (TPSA) is 85.2 Å². The molecule has 2 fully saturated rings. The van der Waals surface area contributed by atoms with Gasteiger partial charge in [-0.25, -0.2) is 13.1 Å². The zero-order valence-electron chi connectivity index (χ0n) is 13.8. The van der Waals surface area contributed by atoms with Crippen LogP contribution in [0.15, 0.2) is 41.4 Å². The Labute approximate surface area is 146 Å². The summed E-state index contributed by atoms with van der Waals surface area (Å²) >= 11 is 0. The molecule has 0 N–H and O–H groups in total. The van der Waals surface area contributed by atoms with Crippen molar-refractivity contribution in [2.45, 2.75) is 36.1 Å². The molecule has 1 saturated heterocycles. The number of hydrogen-bond acceptors (Lipinski definition) is 5. The highest BCUT2D eigenvalue weighted by molar-refractivity contribution is 7.91. The summed E-state index contributed by atoms with van der Waals surface area (Å²) in [5.41, 5.74) is 1.04. The molecule has 8 heteroatoms. The molecule has 132 valence electrons. The van der Waals surface area contributed by atoms with Crippen molar-refractivity contribution in [1.29, 1.82) is 0 Å². The SMILES string of the molecule is O=C(CCS(=O)(=O)c1ccccc1)N1CC(n2cc(C3CC3)nn2)C1. The van der Waals surface area contributed by atoms with E-state index < -0.39 is 9.84 Å². The second-order valence-corrected chi connectivity index (χ2v) is 8.84. The second-order valence-electron chi connectivity index (χ2n) is 6.73. The van der Waals surface area contributed by atoms with Gasteiger partial charge in [-0.05, 0) is 25.0 Å². The molecule has 25 heavy (non-hydrogen) atoms. The minimum atomic E-state index is -3.41. The van der Waals surface area contributed by atoms with Crippen molar-refractivity contribution < 1.29 is 13.2 Å². The number of hydrogen-bond donors (Lipinski definition) is 0. The molecule has 2 heterocycles. The van der Waals surface area contributed by atoms with Crippen molar-refractivity contribution in [3.63, 3.8) is 0 Å². The van der Waals surface area contributed by atoms with Crippen molar-refractivity contribution in [2.24, 2.45) is 0 Å². The molecule has 2 aromatic rings. The third-order valence-electron chi connectivity index (χ3n) is 4.80. The average Bonchev–Trinajstić information content (AvgIpc) is 3.32. The zero-order valence-corrected chi connectivity index (χ0v) is 14.6. The van der Waals surface area contributed by atoms with Gasteiger partial charge in [-0.1, -0.05) is 23.4 Å². The standard InChI is InChI=1S/C17H20N4O3S/c22-17(8-9-25(23,24)15-4-2-1-3-5-15)20-10-14(11-20)21-12-16(18-19-21)13-6-7-13/h1-5,12-14H,6-11H2. The third-order valence-corrected chi connectivity index (χ3v) is 6.53. The molecule has 1 aliphatic carbocycles. The van der Waals surface area contributed by atoms with Crippen LogP contribution in [0.3, 0.4) is 0 Å². The maximum absolute atomic E-state index is 12.2. The molecule has 7 nitrogen and oxygen atoms in total. The van der Waals surface area contributed by atoms with E-state index in [1.54, 1.807) is 35.2 Å². The molecule has 0 bridgehead atoms. The molecule has 1 saturated carbocycles. The van der Waals surface area contributed by atoms with Crippen LogP contribution in [0, 0.1) is 0 Å². The van der Waals surface area contributed by atoms with Crippen LogP contribution in [0.4, 0.5) is 0 Å². The van der Waals surface area contributed by atoms with Gasteiger partial charge < -0.3 is 4.90 Å². The van der Waals surface area contributed by atoms with Crippen LogP contribution in [0.5, 0.6) is 0 Å². The number of likely N-dealkylation sites (tertiary alicyclic amines) is 1. The molecule has 1 aromatic heterocycles. The van der Waals surface area contributed by atoms with E-state index in [9.17, 15) is 13.2 Å². The number of sulfone groups is 1. The summed E-state index contributed by atoms with van der Waals surface area (Å²) in [6, 6.07) is 8.40. The molecule has 0 unspecified atom stereocenters. The van der Waals surface area contributed by atoms with Crippen LogP contribution in [0.25, 0.3) is 0 Å². The number of nitrogens with zero attached hydrogens (tertiary/aromatic N) is 4. The molecule has 2 aliphatic rings. The van der Waals surface area contributed by atoms with Gasteiger partial charge in [0.1, 0.15) is 0 Å². The average molecular weight is 360 g/mol. The first-order chi connectivity index (χ1) is 12.0. The highest BCUT2D eigenvalue weighted by atomic mass is 32.2. The Hall–Kier alpha value is -2.22. The van der Waals surface area contributed by atoms with Crippen molar-refractivity contribution >= 4 is 15.7 Å². The first kappa shape index (κ1) is 16.3. The van der Waals surface area contributed by atoms with E-state index in [1.807, 2.05) is 10.9 Å². The van der Waals surface area contributed by atoms with Crippen molar-refractivity contribution in [3.05, 3.63) is 42.2 Å². The van der Waals surface area contributed by atoms with Crippen LogP contribution in [0.2, 0.25) is 0 Å². The summed E-state index contributed by atoms with van der Waals surface area (Å²) in [5, 5.41) is 8.33. The summed E-state index contributed by atoms with van der Waals surface area (Å²) in [6.45, 7) is 1.13. The molecular formula is C17H20N4O3S. The lowest BCUT2D eigenvalue weighted by atomic mass is 10.1. The van der Waals surface area contributed by atoms with Gasteiger partial charge in [0.2, 0.25) is 5.91 Å². The van der Waals surface area contributed by atoms with E-state index in [2.05, 4.69) is 10.3 Å². The Balaban J connectivity index is 1.28. The van der Waals surface area contributed by atoms with Gasteiger partial charge in [0.05, 0.1) is 22.4 Å². The number of rotatable bonds is 6. The third kappa shape index (κ3) is 3.44. The Kier molecular flexibility index (Phi) is 4.07. The first-order valence-electron chi connectivity index (χ1n) is 8.50. The maximum atomic E-state index is 12.2. The molecular weight excluding hydrogens is 340 g/mol. The minimum Gasteiger partial charge on any atom is -0.338 e.